The summed E-state index contributed by atoms with van der Waals surface area (Å²) in [7, 11) is 0. The minimum Gasteiger partial charge on any atom is -0.372 e. The van der Waals surface area contributed by atoms with Crippen LogP contribution in [0.1, 0.15) is 19.4 Å². The first kappa shape index (κ1) is 16.7. The maximum absolute atomic E-state index is 5.79. The van der Waals surface area contributed by atoms with E-state index in [1.54, 1.807) is 18.1 Å². The molecule has 2 unspecified atom stereocenters. The Labute approximate surface area is 149 Å². The summed E-state index contributed by atoms with van der Waals surface area (Å²) in [6.45, 7) is 5.95. The summed E-state index contributed by atoms with van der Waals surface area (Å²) in [5, 5.41) is 1.00. The van der Waals surface area contributed by atoms with Gasteiger partial charge in [-0.1, -0.05) is 28.1 Å². The van der Waals surface area contributed by atoms with Crippen molar-refractivity contribution in [1.29, 1.82) is 0 Å². The number of anilines is 1. The third-order valence-corrected chi connectivity index (χ3v) is 5.20. The molecule has 0 aliphatic carbocycles. The molecule has 0 amide bonds. The van der Waals surface area contributed by atoms with Crippen molar-refractivity contribution in [3.05, 3.63) is 46.7 Å². The molecule has 1 aliphatic heterocycles. The van der Waals surface area contributed by atoms with E-state index in [0.717, 1.165) is 34.2 Å². The molecule has 2 aromatic rings. The summed E-state index contributed by atoms with van der Waals surface area (Å²) in [4.78, 5) is 11.1. The van der Waals surface area contributed by atoms with E-state index >= 15 is 0 Å². The lowest BCUT2D eigenvalue weighted by atomic mass is 10.2. The molecular weight excluding hydrogens is 374 g/mol. The summed E-state index contributed by atoms with van der Waals surface area (Å²) in [5.41, 5.74) is 1.28. The van der Waals surface area contributed by atoms with Crippen LogP contribution in [0.4, 0.5) is 5.82 Å². The molecule has 1 aromatic heterocycles. The highest BCUT2D eigenvalue weighted by Crippen LogP contribution is 2.25. The van der Waals surface area contributed by atoms with Gasteiger partial charge in [0.25, 0.3) is 0 Å². The van der Waals surface area contributed by atoms with Gasteiger partial charge in [-0.25, -0.2) is 9.97 Å². The van der Waals surface area contributed by atoms with E-state index in [9.17, 15) is 0 Å². The lowest BCUT2D eigenvalue weighted by Gasteiger charge is -2.36. The number of hydrogen-bond acceptors (Lipinski definition) is 5. The highest BCUT2D eigenvalue weighted by molar-refractivity contribution is 9.10. The Morgan fingerprint density at radius 2 is 1.87 bits per heavy atom. The average molecular weight is 394 g/mol. The molecule has 0 N–H and O–H groups in total. The topological polar surface area (TPSA) is 38.2 Å². The van der Waals surface area contributed by atoms with Crippen molar-refractivity contribution in [2.75, 3.05) is 18.0 Å². The van der Waals surface area contributed by atoms with Gasteiger partial charge in [-0.05, 0) is 31.5 Å². The normalized spacial score (nSPS) is 21.4. The number of morpholine rings is 1. The second-order valence-electron chi connectivity index (χ2n) is 5.79. The van der Waals surface area contributed by atoms with Crippen molar-refractivity contribution in [3.63, 3.8) is 0 Å². The first-order chi connectivity index (χ1) is 11.1. The van der Waals surface area contributed by atoms with Crippen LogP contribution < -0.4 is 4.90 Å². The van der Waals surface area contributed by atoms with E-state index < -0.39 is 0 Å². The summed E-state index contributed by atoms with van der Waals surface area (Å²) in [6, 6.07) is 10.5. The summed E-state index contributed by atoms with van der Waals surface area (Å²) >= 11 is 5.20. The van der Waals surface area contributed by atoms with Crippen molar-refractivity contribution < 1.29 is 4.74 Å². The zero-order chi connectivity index (χ0) is 16.2. The minimum absolute atomic E-state index is 0.229. The van der Waals surface area contributed by atoms with Crippen LogP contribution in [0.2, 0.25) is 0 Å². The van der Waals surface area contributed by atoms with Gasteiger partial charge >= 0.3 is 0 Å². The van der Waals surface area contributed by atoms with Gasteiger partial charge < -0.3 is 9.64 Å². The van der Waals surface area contributed by atoms with Gasteiger partial charge in [0.2, 0.25) is 0 Å². The molecule has 1 aliphatic rings. The molecule has 1 saturated heterocycles. The molecule has 0 spiro atoms. The molecule has 23 heavy (non-hydrogen) atoms. The monoisotopic (exact) mass is 393 g/mol. The molecule has 0 saturated carbocycles. The van der Waals surface area contributed by atoms with E-state index in [4.69, 9.17) is 4.74 Å². The zero-order valence-electron chi connectivity index (χ0n) is 13.3. The SMILES string of the molecule is CC1CN(c2cc(SCc3ccc(Br)cc3)ncn2)CC(C)O1. The highest BCUT2D eigenvalue weighted by atomic mass is 79.9. The molecular formula is C17H20BrN3OS. The van der Waals surface area contributed by atoms with Crippen LogP contribution >= 0.6 is 27.7 Å². The van der Waals surface area contributed by atoms with Crippen LogP contribution in [-0.4, -0.2) is 35.3 Å². The lowest BCUT2D eigenvalue weighted by Crippen LogP contribution is -2.45. The van der Waals surface area contributed by atoms with Crippen LogP contribution in [-0.2, 0) is 10.5 Å². The van der Waals surface area contributed by atoms with Gasteiger partial charge in [0.15, 0.2) is 0 Å². The Hall–Kier alpha value is -1.11. The Bertz CT molecular complexity index is 643. The van der Waals surface area contributed by atoms with Gasteiger partial charge in [0.05, 0.1) is 12.2 Å². The maximum atomic E-state index is 5.79. The van der Waals surface area contributed by atoms with Crippen LogP contribution in [0.5, 0.6) is 0 Å². The number of benzene rings is 1. The van der Waals surface area contributed by atoms with Crippen LogP contribution in [0.25, 0.3) is 0 Å². The van der Waals surface area contributed by atoms with Gasteiger partial charge in [0.1, 0.15) is 17.2 Å². The number of rotatable bonds is 4. The fourth-order valence-electron chi connectivity index (χ4n) is 2.68. The number of ether oxygens (including phenoxy) is 1. The number of aromatic nitrogens is 2. The molecule has 1 fully saturated rings. The van der Waals surface area contributed by atoms with Gasteiger partial charge in [-0.15, -0.1) is 11.8 Å². The third kappa shape index (κ3) is 4.68. The van der Waals surface area contributed by atoms with Crippen LogP contribution in [0, 0.1) is 0 Å². The predicted molar refractivity (Wildman–Crippen MR) is 98.0 cm³/mol. The smallest absolute Gasteiger partial charge is 0.133 e. The molecule has 2 atom stereocenters. The minimum atomic E-state index is 0.229. The van der Waals surface area contributed by atoms with E-state index in [-0.39, 0.29) is 12.2 Å². The predicted octanol–water partition coefficient (Wildman–Crippen LogP) is 4.15. The number of nitrogens with zero attached hydrogens (tertiary/aromatic N) is 3. The lowest BCUT2D eigenvalue weighted by molar-refractivity contribution is -0.00548. The van der Waals surface area contributed by atoms with Gasteiger partial charge in [-0.3, -0.25) is 0 Å². The van der Waals surface area contributed by atoms with E-state index in [0.29, 0.717) is 0 Å². The Morgan fingerprint density at radius 1 is 1.17 bits per heavy atom. The van der Waals surface area contributed by atoms with Crippen molar-refractivity contribution >= 4 is 33.5 Å². The molecule has 2 heterocycles. The average Bonchev–Trinajstić information content (AvgIpc) is 2.54. The number of halogens is 1. The molecule has 122 valence electrons. The van der Waals surface area contributed by atoms with Gasteiger partial charge in [-0.2, -0.15) is 0 Å². The van der Waals surface area contributed by atoms with E-state index in [1.165, 1.54) is 5.56 Å². The standard InChI is InChI=1S/C17H20BrN3OS/c1-12-8-21(9-13(2)22-12)16-7-17(20-11-19-16)23-10-14-3-5-15(18)6-4-14/h3-7,11-13H,8-10H2,1-2H3. The fraction of sp³-hybridized carbons (Fsp3) is 0.412. The second kappa shape index (κ2) is 7.64. The van der Waals surface area contributed by atoms with Crippen molar-refractivity contribution in [2.45, 2.75) is 36.8 Å². The van der Waals surface area contributed by atoms with Crippen molar-refractivity contribution in [2.24, 2.45) is 0 Å². The van der Waals surface area contributed by atoms with Crippen molar-refractivity contribution in [3.8, 4) is 0 Å². The summed E-state index contributed by atoms with van der Waals surface area (Å²) in [6.07, 6.45) is 2.12. The van der Waals surface area contributed by atoms with Crippen LogP contribution in [0.15, 0.2) is 46.2 Å². The fourth-order valence-corrected chi connectivity index (χ4v) is 3.77. The Balaban J connectivity index is 1.66. The molecule has 1 aromatic carbocycles. The van der Waals surface area contributed by atoms with Crippen LogP contribution in [0.3, 0.4) is 0 Å². The van der Waals surface area contributed by atoms with Crippen molar-refractivity contribution in [1.82, 2.24) is 9.97 Å². The van der Waals surface area contributed by atoms with E-state index in [2.05, 4.69) is 75.0 Å². The van der Waals surface area contributed by atoms with Gasteiger partial charge in [0, 0.05) is 29.4 Å². The molecule has 6 heteroatoms. The number of thioether (sulfide) groups is 1. The molecule has 0 radical (unpaired) electrons. The molecule has 0 bridgehead atoms. The Kier molecular flexibility index (Phi) is 5.56. The zero-order valence-corrected chi connectivity index (χ0v) is 15.7. The third-order valence-electron chi connectivity index (χ3n) is 3.67. The molecule has 3 rings (SSSR count). The number of hydrogen-bond donors (Lipinski definition) is 0. The Morgan fingerprint density at radius 3 is 2.57 bits per heavy atom. The second-order valence-corrected chi connectivity index (χ2v) is 7.70. The first-order valence-corrected chi connectivity index (χ1v) is 9.47. The summed E-state index contributed by atoms with van der Waals surface area (Å²) < 4.78 is 6.89. The molecule has 4 nitrogen and oxygen atoms in total. The van der Waals surface area contributed by atoms with E-state index in [1.807, 2.05) is 0 Å². The summed E-state index contributed by atoms with van der Waals surface area (Å²) in [5.74, 6) is 1.89. The quantitative estimate of drug-likeness (QED) is 0.576. The first-order valence-electron chi connectivity index (χ1n) is 7.70. The maximum Gasteiger partial charge on any atom is 0.133 e. The largest absolute Gasteiger partial charge is 0.372 e. The highest BCUT2D eigenvalue weighted by Gasteiger charge is 2.23.